The van der Waals surface area contributed by atoms with Crippen molar-refractivity contribution in [1.29, 1.82) is 0 Å². The molecule has 2 aromatic carbocycles. The Kier molecular flexibility index (Phi) is 7.03. The number of amides is 1. The van der Waals surface area contributed by atoms with E-state index in [0.717, 1.165) is 4.90 Å². The van der Waals surface area contributed by atoms with Crippen LogP contribution in [0, 0.1) is 0 Å². The highest BCUT2D eigenvalue weighted by molar-refractivity contribution is 7.85. The molecule has 1 atom stereocenters. The second kappa shape index (κ2) is 9.24. The number of methoxy groups -OCH3 is 3. The minimum atomic E-state index is -1.21. The van der Waals surface area contributed by atoms with Gasteiger partial charge < -0.3 is 19.1 Å². The highest BCUT2D eigenvalue weighted by atomic mass is 32.2. The van der Waals surface area contributed by atoms with Crippen LogP contribution in [0.5, 0.6) is 17.2 Å². The zero-order valence-electron chi connectivity index (χ0n) is 15.4. The summed E-state index contributed by atoms with van der Waals surface area (Å²) in [5, 5.41) is 0. The number of ether oxygens (including phenoxy) is 3. The number of anilines is 1. The molecule has 26 heavy (non-hydrogen) atoms. The summed E-state index contributed by atoms with van der Waals surface area (Å²) in [6, 6.07) is 12.5. The number of carbonyl (C=O) groups is 1. The Balaban J connectivity index is 2.11. The fourth-order valence-corrected chi connectivity index (χ4v) is 3.50. The van der Waals surface area contributed by atoms with Crippen molar-refractivity contribution in [3.8, 4) is 17.2 Å². The summed E-state index contributed by atoms with van der Waals surface area (Å²) in [4.78, 5) is 14.7. The standard InChI is InChI=1S/C19H23NO5S/c1-20(14-12-16(23-2)19(25-4)17(13-14)24-3)18(21)10-11-26(22)15-8-6-5-7-9-15/h5-9,12-13H,10-11H2,1-4H3. The maximum absolute atomic E-state index is 12.5. The predicted molar refractivity (Wildman–Crippen MR) is 102 cm³/mol. The second-order valence-electron chi connectivity index (χ2n) is 5.45. The second-order valence-corrected chi connectivity index (χ2v) is 7.02. The van der Waals surface area contributed by atoms with E-state index in [4.69, 9.17) is 14.2 Å². The largest absolute Gasteiger partial charge is 0.493 e. The summed E-state index contributed by atoms with van der Waals surface area (Å²) in [7, 11) is 5.01. The molecular formula is C19H23NO5S. The average Bonchev–Trinajstić information content (AvgIpc) is 2.70. The van der Waals surface area contributed by atoms with Crippen molar-refractivity contribution in [2.24, 2.45) is 0 Å². The molecule has 0 heterocycles. The predicted octanol–water partition coefficient (Wildman–Crippen LogP) is 2.87. The molecule has 0 spiro atoms. The molecule has 140 valence electrons. The van der Waals surface area contributed by atoms with Gasteiger partial charge in [-0.2, -0.15) is 0 Å². The molecule has 0 aliphatic rings. The molecule has 6 nitrogen and oxygen atoms in total. The number of nitrogens with zero attached hydrogens (tertiary/aromatic N) is 1. The third kappa shape index (κ3) is 4.54. The summed E-state index contributed by atoms with van der Waals surface area (Å²) < 4.78 is 28.2. The van der Waals surface area contributed by atoms with Gasteiger partial charge in [0.1, 0.15) is 0 Å². The highest BCUT2D eigenvalue weighted by Crippen LogP contribution is 2.40. The van der Waals surface area contributed by atoms with Crippen LogP contribution in [-0.4, -0.2) is 44.2 Å². The number of benzene rings is 2. The Bertz CT molecular complexity index is 754. The average molecular weight is 377 g/mol. The van der Waals surface area contributed by atoms with Crippen LogP contribution in [0.2, 0.25) is 0 Å². The smallest absolute Gasteiger partial charge is 0.227 e. The van der Waals surface area contributed by atoms with Gasteiger partial charge in [0.05, 0.1) is 37.8 Å². The molecule has 0 bridgehead atoms. The normalized spacial score (nSPS) is 11.5. The fourth-order valence-electron chi connectivity index (χ4n) is 2.44. The van der Waals surface area contributed by atoms with Crippen LogP contribution in [0.3, 0.4) is 0 Å². The van der Waals surface area contributed by atoms with Crippen LogP contribution in [-0.2, 0) is 15.6 Å². The summed E-state index contributed by atoms with van der Waals surface area (Å²) in [5.41, 5.74) is 0.606. The van der Waals surface area contributed by atoms with E-state index in [2.05, 4.69) is 0 Å². The minimum Gasteiger partial charge on any atom is -0.493 e. The zero-order valence-corrected chi connectivity index (χ0v) is 16.2. The van der Waals surface area contributed by atoms with Gasteiger partial charge in [0.25, 0.3) is 0 Å². The Morgan fingerprint density at radius 1 is 1.00 bits per heavy atom. The van der Waals surface area contributed by atoms with E-state index in [1.807, 2.05) is 18.2 Å². The summed E-state index contributed by atoms with van der Waals surface area (Å²) >= 11 is 0. The van der Waals surface area contributed by atoms with Gasteiger partial charge in [-0.15, -0.1) is 0 Å². The van der Waals surface area contributed by atoms with Gasteiger partial charge >= 0.3 is 0 Å². The Morgan fingerprint density at radius 3 is 2.08 bits per heavy atom. The lowest BCUT2D eigenvalue weighted by atomic mass is 10.2. The van der Waals surface area contributed by atoms with Gasteiger partial charge in [-0.1, -0.05) is 18.2 Å². The van der Waals surface area contributed by atoms with Crippen molar-refractivity contribution >= 4 is 22.4 Å². The van der Waals surface area contributed by atoms with E-state index < -0.39 is 10.8 Å². The topological polar surface area (TPSA) is 65.1 Å². The number of hydrogen-bond acceptors (Lipinski definition) is 5. The first-order chi connectivity index (χ1) is 12.5. The Labute approximate surface area is 156 Å². The summed E-state index contributed by atoms with van der Waals surface area (Å²) in [5.74, 6) is 1.51. The maximum Gasteiger partial charge on any atom is 0.227 e. The molecule has 0 aromatic heterocycles. The third-order valence-electron chi connectivity index (χ3n) is 3.92. The van der Waals surface area contributed by atoms with E-state index in [-0.39, 0.29) is 18.1 Å². The monoisotopic (exact) mass is 377 g/mol. The quantitative estimate of drug-likeness (QED) is 0.708. The first kappa shape index (κ1) is 19.8. The third-order valence-corrected chi connectivity index (χ3v) is 5.29. The lowest BCUT2D eigenvalue weighted by molar-refractivity contribution is -0.117. The Hall–Kier alpha value is -2.54. The molecule has 0 aliphatic heterocycles. The van der Waals surface area contributed by atoms with Crippen LogP contribution in [0.15, 0.2) is 47.4 Å². The van der Waals surface area contributed by atoms with Crippen LogP contribution in [0.25, 0.3) is 0 Å². The van der Waals surface area contributed by atoms with E-state index in [9.17, 15) is 9.00 Å². The van der Waals surface area contributed by atoms with E-state index in [0.29, 0.717) is 22.9 Å². The molecule has 1 amide bonds. The van der Waals surface area contributed by atoms with Crippen LogP contribution < -0.4 is 19.1 Å². The van der Waals surface area contributed by atoms with Gasteiger partial charge in [0.2, 0.25) is 11.7 Å². The van der Waals surface area contributed by atoms with E-state index in [1.54, 1.807) is 31.3 Å². The molecule has 0 saturated carbocycles. The van der Waals surface area contributed by atoms with Crippen molar-refractivity contribution in [2.45, 2.75) is 11.3 Å². The maximum atomic E-state index is 12.5. The molecule has 7 heteroatoms. The van der Waals surface area contributed by atoms with Crippen LogP contribution >= 0.6 is 0 Å². The minimum absolute atomic E-state index is 0.149. The molecule has 0 radical (unpaired) electrons. The first-order valence-electron chi connectivity index (χ1n) is 8.01. The van der Waals surface area contributed by atoms with Crippen molar-refractivity contribution < 1.29 is 23.2 Å². The van der Waals surface area contributed by atoms with Gasteiger partial charge in [0.15, 0.2) is 11.5 Å². The molecule has 0 aliphatic carbocycles. The molecule has 0 N–H and O–H groups in total. The van der Waals surface area contributed by atoms with Crippen molar-refractivity contribution in [3.05, 3.63) is 42.5 Å². The van der Waals surface area contributed by atoms with Crippen LogP contribution in [0.4, 0.5) is 5.69 Å². The molecule has 0 fully saturated rings. The molecule has 1 unspecified atom stereocenters. The molecule has 2 rings (SSSR count). The Morgan fingerprint density at radius 2 is 1.58 bits per heavy atom. The van der Waals surface area contributed by atoms with Gasteiger partial charge in [-0.3, -0.25) is 9.00 Å². The van der Waals surface area contributed by atoms with Crippen molar-refractivity contribution in [1.82, 2.24) is 0 Å². The van der Waals surface area contributed by atoms with Crippen molar-refractivity contribution in [2.75, 3.05) is 39.0 Å². The van der Waals surface area contributed by atoms with Gasteiger partial charge in [-0.05, 0) is 12.1 Å². The summed E-state index contributed by atoms with van der Waals surface area (Å²) in [6.07, 6.45) is 0.161. The fraction of sp³-hybridized carbons (Fsp3) is 0.316. The van der Waals surface area contributed by atoms with Gasteiger partial charge in [-0.25, -0.2) is 0 Å². The number of rotatable bonds is 8. The first-order valence-corrected chi connectivity index (χ1v) is 9.33. The van der Waals surface area contributed by atoms with E-state index in [1.165, 1.54) is 26.2 Å². The zero-order chi connectivity index (χ0) is 19.1. The number of hydrogen-bond donors (Lipinski definition) is 0. The molecular weight excluding hydrogens is 354 g/mol. The van der Waals surface area contributed by atoms with Crippen molar-refractivity contribution in [3.63, 3.8) is 0 Å². The van der Waals surface area contributed by atoms with Crippen LogP contribution in [0.1, 0.15) is 6.42 Å². The highest BCUT2D eigenvalue weighted by Gasteiger charge is 2.19. The lowest BCUT2D eigenvalue weighted by Crippen LogP contribution is -2.27. The summed E-state index contributed by atoms with van der Waals surface area (Å²) in [6.45, 7) is 0. The SMILES string of the molecule is COc1cc(N(C)C(=O)CCS(=O)c2ccccc2)cc(OC)c1OC. The lowest BCUT2D eigenvalue weighted by Gasteiger charge is -2.20. The number of carbonyl (C=O) groups excluding carboxylic acids is 1. The molecule has 2 aromatic rings. The van der Waals surface area contributed by atoms with Gasteiger partial charge in [0, 0.05) is 36.2 Å². The molecule has 0 saturated heterocycles. The van der Waals surface area contributed by atoms with E-state index >= 15 is 0 Å².